The Bertz CT molecular complexity index is 386. The lowest BCUT2D eigenvalue weighted by Crippen LogP contribution is -2.02. The van der Waals surface area contributed by atoms with E-state index in [0.717, 1.165) is 17.5 Å². The summed E-state index contributed by atoms with van der Waals surface area (Å²) in [5.74, 6) is 0. The molecule has 5 heteroatoms. The number of nitrogens with one attached hydrogen (secondary N) is 1. The van der Waals surface area contributed by atoms with E-state index in [1.165, 1.54) is 5.56 Å². The quantitative estimate of drug-likeness (QED) is 0.833. The van der Waals surface area contributed by atoms with E-state index < -0.39 is 0 Å². The first-order valence-electron chi connectivity index (χ1n) is 4.03. The zero-order chi connectivity index (χ0) is 8.39. The van der Waals surface area contributed by atoms with Gasteiger partial charge in [0.05, 0.1) is 11.0 Å². The van der Waals surface area contributed by atoms with Crippen molar-refractivity contribution in [2.45, 2.75) is 6.42 Å². The molecule has 2 aromatic heterocycles. The first-order chi connectivity index (χ1) is 5.92. The van der Waals surface area contributed by atoms with Gasteiger partial charge >= 0.3 is 0 Å². The van der Waals surface area contributed by atoms with Crippen LogP contribution in [-0.4, -0.2) is 16.5 Å². The van der Waals surface area contributed by atoms with Crippen LogP contribution in [0, 0.1) is 0 Å². The largest absolute Gasteiger partial charge is 0.360 e. The summed E-state index contributed by atoms with van der Waals surface area (Å²) in [6.45, 7) is 0.670. The van der Waals surface area contributed by atoms with Gasteiger partial charge in [-0.25, -0.2) is 0 Å². The van der Waals surface area contributed by atoms with Crippen molar-refractivity contribution in [1.29, 1.82) is 0 Å². The molecule has 0 spiro atoms. The number of fused-ring (bicyclic) bond motifs is 1. The molecule has 0 saturated heterocycles. The molecule has 0 bridgehead atoms. The molecule has 0 unspecified atom stereocenters. The van der Waals surface area contributed by atoms with Crippen LogP contribution < -0.4 is 5.73 Å². The number of halogens is 2. The summed E-state index contributed by atoms with van der Waals surface area (Å²) in [6, 6.07) is 3.94. The molecule has 0 aliphatic carbocycles. The van der Waals surface area contributed by atoms with Gasteiger partial charge in [-0.2, -0.15) is 0 Å². The molecule has 0 saturated carbocycles. The number of nitrogens with two attached hydrogens (primary N) is 1. The molecule has 2 aromatic rings. The lowest BCUT2D eigenvalue weighted by molar-refractivity contribution is 0.973. The van der Waals surface area contributed by atoms with E-state index in [0.29, 0.717) is 6.54 Å². The Morgan fingerprint density at radius 2 is 2.14 bits per heavy atom. The number of nitrogens with zero attached hydrogens (tertiary/aromatic N) is 1. The molecule has 14 heavy (non-hydrogen) atoms. The fraction of sp³-hybridized carbons (Fsp3) is 0.222. The summed E-state index contributed by atoms with van der Waals surface area (Å²) in [5.41, 5.74) is 8.80. The van der Waals surface area contributed by atoms with Gasteiger partial charge in [-0.3, -0.25) is 4.98 Å². The molecule has 2 rings (SSSR count). The highest BCUT2D eigenvalue weighted by Crippen LogP contribution is 2.14. The number of aromatic nitrogens is 2. The fourth-order valence-corrected chi connectivity index (χ4v) is 1.36. The normalized spacial score (nSPS) is 9.21. The summed E-state index contributed by atoms with van der Waals surface area (Å²) < 4.78 is 0. The minimum atomic E-state index is 0. The summed E-state index contributed by atoms with van der Waals surface area (Å²) in [4.78, 5) is 7.43. The van der Waals surface area contributed by atoms with Gasteiger partial charge < -0.3 is 10.7 Å². The van der Waals surface area contributed by atoms with E-state index in [1.54, 1.807) is 6.20 Å². The smallest absolute Gasteiger partial charge is 0.0911 e. The summed E-state index contributed by atoms with van der Waals surface area (Å²) in [7, 11) is 0. The van der Waals surface area contributed by atoms with E-state index in [-0.39, 0.29) is 24.8 Å². The van der Waals surface area contributed by atoms with Crippen LogP contribution in [0.1, 0.15) is 5.56 Å². The van der Waals surface area contributed by atoms with Gasteiger partial charge in [0.25, 0.3) is 0 Å². The van der Waals surface area contributed by atoms with Gasteiger partial charge in [-0.15, -0.1) is 24.8 Å². The molecule has 0 aromatic carbocycles. The van der Waals surface area contributed by atoms with Gasteiger partial charge in [-0.1, -0.05) is 0 Å². The Labute approximate surface area is 94.9 Å². The minimum absolute atomic E-state index is 0. The monoisotopic (exact) mass is 233 g/mol. The maximum absolute atomic E-state index is 5.47. The number of H-pyrrole nitrogens is 1. The Balaban J connectivity index is 0.000000845. The third-order valence-corrected chi connectivity index (χ3v) is 1.93. The Kier molecular flexibility index (Phi) is 5.53. The average molecular weight is 234 g/mol. The van der Waals surface area contributed by atoms with Crippen LogP contribution in [0.4, 0.5) is 0 Å². The second-order valence-corrected chi connectivity index (χ2v) is 2.75. The number of hydrogen-bond donors (Lipinski definition) is 2. The summed E-state index contributed by atoms with van der Waals surface area (Å²) in [6.07, 6.45) is 4.66. The Morgan fingerprint density at radius 3 is 2.86 bits per heavy atom. The predicted octanol–water partition coefficient (Wildman–Crippen LogP) is 1.91. The molecule has 0 amide bonds. The molecule has 0 fully saturated rings. The molecule has 78 valence electrons. The lowest BCUT2D eigenvalue weighted by Gasteiger charge is -1.92. The van der Waals surface area contributed by atoms with Crippen LogP contribution >= 0.6 is 24.8 Å². The molecule has 2 heterocycles. The molecule has 0 aliphatic heterocycles. The van der Waals surface area contributed by atoms with E-state index >= 15 is 0 Å². The van der Waals surface area contributed by atoms with Crippen LogP contribution in [0.3, 0.4) is 0 Å². The molecular weight excluding hydrogens is 221 g/mol. The Morgan fingerprint density at radius 1 is 1.36 bits per heavy atom. The topological polar surface area (TPSA) is 54.7 Å². The summed E-state index contributed by atoms with van der Waals surface area (Å²) >= 11 is 0. The van der Waals surface area contributed by atoms with Crippen LogP contribution in [0.2, 0.25) is 0 Å². The van der Waals surface area contributed by atoms with Crippen molar-refractivity contribution in [3.8, 4) is 0 Å². The van der Waals surface area contributed by atoms with Crippen LogP contribution in [-0.2, 0) is 6.42 Å². The molecule has 0 atom stereocenters. The number of rotatable bonds is 2. The van der Waals surface area contributed by atoms with Crippen molar-refractivity contribution in [1.82, 2.24) is 9.97 Å². The van der Waals surface area contributed by atoms with E-state index in [4.69, 9.17) is 5.73 Å². The van der Waals surface area contributed by atoms with Crippen molar-refractivity contribution in [2.75, 3.05) is 6.54 Å². The third-order valence-electron chi connectivity index (χ3n) is 1.93. The average Bonchev–Trinajstić information content (AvgIpc) is 2.50. The molecule has 3 nitrogen and oxygen atoms in total. The van der Waals surface area contributed by atoms with E-state index in [9.17, 15) is 0 Å². The van der Waals surface area contributed by atoms with Crippen molar-refractivity contribution in [3.63, 3.8) is 0 Å². The highest BCUT2D eigenvalue weighted by atomic mass is 35.5. The molecular formula is C9H13Cl2N3. The van der Waals surface area contributed by atoms with Gasteiger partial charge in [0.1, 0.15) is 0 Å². The van der Waals surface area contributed by atoms with E-state index in [1.807, 2.05) is 18.3 Å². The number of pyridine rings is 1. The SMILES string of the molecule is Cl.Cl.NCCc1c[nH]c2cccnc12. The van der Waals surface area contributed by atoms with Crippen LogP contribution in [0.5, 0.6) is 0 Å². The summed E-state index contributed by atoms with van der Waals surface area (Å²) in [5, 5.41) is 0. The first-order valence-corrected chi connectivity index (χ1v) is 4.03. The zero-order valence-electron chi connectivity index (χ0n) is 7.56. The maximum atomic E-state index is 5.47. The molecule has 0 radical (unpaired) electrons. The predicted molar refractivity (Wildman–Crippen MR) is 63.3 cm³/mol. The van der Waals surface area contributed by atoms with E-state index in [2.05, 4.69) is 9.97 Å². The Hall–Kier alpha value is -0.770. The molecule has 0 aliphatic rings. The number of aromatic amines is 1. The van der Waals surface area contributed by atoms with Crippen molar-refractivity contribution in [3.05, 3.63) is 30.1 Å². The highest BCUT2D eigenvalue weighted by molar-refractivity contribution is 5.85. The van der Waals surface area contributed by atoms with Gasteiger partial charge in [-0.05, 0) is 30.7 Å². The van der Waals surface area contributed by atoms with Crippen molar-refractivity contribution >= 4 is 35.8 Å². The van der Waals surface area contributed by atoms with Crippen molar-refractivity contribution in [2.24, 2.45) is 5.73 Å². The van der Waals surface area contributed by atoms with Crippen LogP contribution in [0.15, 0.2) is 24.5 Å². The van der Waals surface area contributed by atoms with Gasteiger partial charge in [0.2, 0.25) is 0 Å². The van der Waals surface area contributed by atoms with Crippen LogP contribution in [0.25, 0.3) is 11.0 Å². The van der Waals surface area contributed by atoms with Gasteiger partial charge in [0.15, 0.2) is 0 Å². The second-order valence-electron chi connectivity index (χ2n) is 2.75. The molecule has 3 N–H and O–H groups in total. The highest BCUT2D eigenvalue weighted by Gasteiger charge is 2.01. The number of hydrogen-bond acceptors (Lipinski definition) is 2. The maximum Gasteiger partial charge on any atom is 0.0911 e. The van der Waals surface area contributed by atoms with Gasteiger partial charge in [0, 0.05) is 12.4 Å². The fourth-order valence-electron chi connectivity index (χ4n) is 1.36. The standard InChI is InChI=1S/C9H11N3.2ClH/c10-4-3-7-6-12-8-2-1-5-11-9(7)8;;/h1-2,5-6,12H,3-4,10H2;2*1H. The second kappa shape index (κ2) is 5.86. The zero-order valence-corrected chi connectivity index (χ0v) is 9.20. The first kappa shape index (κ1) is 13.2. The van der Waals surface area contributed by atoms with Crippen molar-refractivity contribution < 1.29 is 0 Å². The third kappa shape index (κ3) is 2.38. The lowest BCUT2D eigenvalue weighted by atomic mass is 10.2. The minimum Gasteiger partial charge on any atom is -0.360 e.